The zero-order valence-corrected chi connectivity index (χ0v) is 12.4. The van der Waals surface area contributed by atoms with Gasteiger partial charge in [-0.25, -0.2) is 8.42 Å². The van der Waals surface area contributed by atoms with Crippen molar-refractivity contribution in [1.29, 1.82) is 0 Å². The van der Waals surface area contributed by atoms with E-state index in [1.165, 1.54) is 0 Å². The summed E-state index contributed by atoms with van der Waals surface area (Å²) in [6.45, 7) is 4.02. The second-order valence-electron chi connectivity index (χ2n) is 4.83. The molecule has 0 amide bonds. The van der Waals surface area contributed by atoms with E-state index >= 15 is 0 Å². The van der Waals surface area contributed by atoms with E-state index in [-0.39, 0.29) is 24.2 Å². The van der Waals surface area contributed by atoms with Crippen molar-refractivity contribution in [2.75, 3.05) is 18.1 Å². The van der Waals surface area contributed by atoms with Crippen LogP contribution in [0.5, 0.6) is 5.75 Å². The molecular formula is C14H23NO3S. The lowest BCUT2D eigenvalue weighted by Gasteiger charge is -2.08. The molecule has 0 aliphatic rings. The average molecular weight is 285 g/mol. The molecule has 5 heteroatoms. The minimum atomic E-state index is -2.97. The van der Waals surface area contributed by atoms with Crippen LogP contribution in [0.2, 0.25) is 0 Å². The third-order valence-corrected chi connectivity index (χ3v) is 4.48. The monoisotopic (exact) mass is 285 g/mol. The molecule has 0 saturated carbocycles. The van der Waals surface area contributed by atoms with Gasteiger partial charge in [0.1, 0.15) is 12.4 Å². The maximum absolute atomic E-state index is 11.5. The number of sulfone groups is 1. The average Bonchev–Trinajstić information content (AvgIpc) is 2.30. The van der Waals surface area contributed by atoms with Crippen molar-refractivity contribution in [3.8, 4) is 5.75 Å². The van der Waals surface area contributed by atoms with Crippen molar-refractivity contribution in [2.24, 2.45) is 5.73 Å². The van der Waals surface area contributed by atoms with E-state index in [1.54, 1.807) is 0 Å². The van der Waals surface area contributed by atoms with Crippen molar-refractivity contribution < 1.29 is 13.2 Å². The third kappa shape index (κ3) is 6.59. The summed E-state index contributed by atoms with van der Waals surface area (Å²) in [4.78, 5) is 0. The highest BCUT2D eigenvalue weighted by molar-refractivity contribution is 7.91. The van der Waals surface area contributed by atoms with Gasteiger partial charge in [-0.1, -0.05) is 19.1 Å². The highest BCUT2D eigenvalue weighted by Crippen LogP contribution is 2.13. The van der Waals surface area contributed by atoms with Crippen LogP contribution in [0.15, 0.2) is 24.3 Å². The minimum absolute atomic E-state index is 0.0719. The van der Waals surface area contributed by atoms with Crippen molar-refractivity contribution in [2.45, 2.75) is 32.7 Å². The number of ether oxygens (including phenoxy) is 1. The molecule has 0 saturated heterocycles. The van der Waals surface area contributed by atoms with Crippen LogP contribution in [0.3, 0.4) is 0 Å². The van der Waals surface area contributed by atoms with Crippen molar-refractivity contribution in [3.05, 3.63) is 29.8 Å². The van der Waals surface area contributed by atoms with Gasteiger partial charge in [0.15, 0.2) is 9.84 Å². The Morgan fingerprint density at radius 1 is 1.21 bits per heavy atom. The maximum atomic E-state index is 11.5. The molecule has 19 heavy (non-hydrogen) atoms. The van der Waals surface area contributed by atoms with Crippen LogP contribution in [-0.4, -0.2) is 32.6 Å². The third-order valence-electron chi connectivity index (χ3n) is 2.66. The Kier molecular flexibility index (Phi) is 6.31. The molecule has 0 fully saturated rings. The lowest BCUT2D eigenvalue weighted by atomic mass is 10.1. The molecule has 1 unspecified atom stereocenters. The van der Waals surface area contributed by atoms with Crippen LogP contribution in [0.4, 0.5) is 0 Å². The van der Waals surface area contributed by atoms with E-state index in [0.717, 1.165) is 12.0 Å². The Morgan fingerprint density at radius 2 is 1.84 bits per heavy atom. The van der Waals surface area contributed by atoms with Gasteiger partial charge >= 0.3 is 0 Å². The molecule has 1 aromatic carbocycles. The van der Waals surface area contributed by atoms with Gasteiger partial charge < -0.3 is 10.5 Å². The van der Waals surface area contributed by atoms with Gasteiger partial charge in [0.05, 0.1) is 11.5 Å². The number of hydrogen-bond acceptors (Lipinski definition) is 4. The van der Waals surface area contributed by atoms with Crippen molar-refractivity contribution >= 4 is 9.84 Å². The Labute approximate surface area is 115 Å². The fourth-order valence-electron chi connectivity index (χ4n) is 1.79. The SMILES string of the molecule is CCCS(=O)(=O)CCOc1ccc(CC(C)N)cc1. The quantitative estimate of drug-likeness (QED) is 0.790. The molecule has 4 nitrogen and oxygen atoms in total. The fraction of sp³-hybridized carbons (Fsp3) is 0.571. The summed E-state index contributed by atoms with van der Waals surface area (Å²) in [7, 11) is -2.97. The molecule has 0 heterocycles. The van der Waals surface area contributed by atoms with Gasteiger partial charge in [0.2, 0.25) is 0 Å². The smallest absolute Gasteiger partial charge is 0.153 e. The standard InChI is InChI=1S/C14H23NO3S/c1-3-9-19(16,17)10-8-18-14-6-4-13(5-7-14)11-12(2)15/h4-7,12H,3,8-11,15H2,1-2H3. The molecule has 0 aliphatic carbocycles. The van der Waals surface area contributed by atoms with E-state index in [0.29, 0.717) is 12.2 Å². The summed E-state index contributed by atoms with van der Waals surface area (Å²) in [6.07, 6.45) is 1.47. The fourth-order valence-corrected chi connectivity index (χ4v) is 2.96. The Balaban J connectivity index is 2.42. The summed E-state index contributed by atoms with van der Waals surface area (Å²) in [5, 5.41) is 0. The van der Waals surface area contributed by atoms with E-state index in [2.05, 4.69) is 0 Å². The van der Waals surface area contributed by atoms with Crippen LogP contribution >= 0.6 is 0 Å². The lowest BCUT2D eigenvalue weighted by Crippen LogP contribution is -2.18. The topological polar surface area (TPSA) is 69.4 Å². The highest BCUT2D eigenvalue weighted by Gasteiger charge is 2.09. The normalized spacial score (nSPS) is 13.2. The lowest BCUT2D eigenvalue weighted by molar-refractivity contribution is 0.340. The summed E-state index contributed by atoms with van der Waals surface area (Å²) < 4.78 is 28.4. The molecule has 0 spiro atoms. The second-order valence-corrected chi connectivity index (χ2v) is 7.13. The Hall–Kier alpha value is -1.07. The maximum Gasteiger partial charge on any atom is 0.153 e. The zero-order valence-electron chi connectivity index (χ0n) is 11.6. The molecule has 1 aromatic rings. The largest absolute Gasteiger partial charge is 0.493 e. The number of benzene rings is 1. The predicted octanol–water partition coefficient (Wildman–Crippen LogP) is 1.78. The first-order valence-corrected chi connectivity index (χ1v) is 8.43. The van der Waals surface area contributed by atoms with E-state index in [1.807, 2.05) is 38.1 Å². The van der Waals surface area contributed by atoms with Gasteiger partial charge in [0.25, 0.3) is 0 Å². The number of nitrogens with two attached hydrogens (primary N) is 1. The van der Waals surface area contributed by atoms with Crippen molar-refractivity contribution in [1.82, 2.24) is 0 Å². The molecule has 0 radical (unpaired) electrons. The predicted molar refractivity (Wildman–Crippen MR) is 78.2 cm³/mol. The minimum Gasteiger partial charge on any atom is -0.493 e. The zero-order chi connectivity index (χ0) is 14.3. The Morgan fingerprint density at radius 3 is 2.37 bits per heavy atom. The number of hydrogen-bond donors (Lipinski definition) is 1. The van der Waals surface area contributed by atoms with Gasteiger partial charge in [-0.05, 0) is 37.5 Å². The van der Waals surface area contributed by atoms with Gasteiger partial charge in [-0.2, -0.15) is 0 Å². The van der Waals surface area contributed by atoms with E-state index in [9.17, 15) is 8.42 Å². The van der Waals surface area contributed by atoms with Crippen LogP contribution in [0, 0.1) is 0 Å². The highest BCUT2D eigenvalue weighted by atomic mass is 32.2. The number of rotatable bonds is 8. The molecule has 2 N–H and O–H groups in total. The molecular weight excluding hydrogens is 262 g/mol. The second kappa shape index (κ2) is 7.50. The van der Waals surface area contributed by atoms with Crippen LogP contribution in [-0.2, 0) is 16.3 Å². The summed E-state index contributed by atoms with van der Waals surface area (Å²) in [5.41, 5.74) is 6.87. The van der Waals surface area contributed by atoms with E-state index < -0.39 is 9.84 Å². The van der Waals surface area contributed by atoms with Gasteiger partial charge in [0, 0.05) is 6.04 Å². The summed E-state index contributed by atoms with van der Waals surface area (Å²) in [5.74, 6) is 0.992. The van der Waals surface area contributed by atoms with Gasteiger partial charge in [-0.15, -0.1) is 0 Å². The molecule has 0 aliphatic heterocycles. The van der Waals surface area contributed by atoms with Crippen LogP contribution in [0.1, 0.15) is 25.8 Å². The molecule has 0 aromatic heterocycles. The van der Waals surface area contributed by atoms with Crippen LogP contribution in [0.25, 0.3) is 0 Å². The molecule has 108 valence electrons. The molecule has 1 rings (SSSR count). The van der Waals surface area contributed by atoms with Crippen molar-refractivity contribution in [3.63, 3.8) is 0 Å². The van der Waals surface area contributed by atoms with Crippen LogP contribution < -0.4 is 10.5 Å². The molecule has 1 atom stereocenters. The van der Waals surface area contributed by atoms with Gasteiger partial charge in [-0.3, -0.25) is 0 Å². The first-order chi connectivity index (χ1) is 8.93. The Bertz CT molecular complexity index is 466. The van der Waals surface area contributed by atoms with E-state index in [4.69, 9.17) is 10.5 Å². The summed E-state index contributed by atoms with van der Waals surface area (Å²) in [6, 6.07) is 7.75. The summed E-state index contributed by atoms with van der Waals surface area (Å²) >= 11 is 0. The molecule has 0 bridgehead atoms. The first kappa shape index (κ1) is 16.0. The first-order valence-electron chi connectivity index (χ1n) is 6.60.